The molecule has 0 bridgehead atoms. The molecule has 0 aliphatic rings. The summed E-state index contributed by atoms with van der Waals surface area (Å²) in [5, 5.41) is 23.8. The molecule has 33 heavy (non-hydrogen) atoms. The molecular weight excluding hydrogens is 458 g/mol. The van der Waals surface area contributed by atoms with Crippen molar-refractivity contribution in [2.45, 2.75) is 26.5 Å². The molecule has 174 valence electrons. The summed E-state index contributed by atoms with van der Waals surface area (Å²) in [6.07, 6.45) is 0.632. The molecule has 14 heteroatoms. The second-order valence-corrected chi connectivity index (χ2v) is 7.30. The molecule has 3 aromatic rings. The molecule has 0 spiro atoms. The van der Waals surface area contributed by atoms with E-state index in [2.05, 4.69) is 25.9 Å². The van der Waals surface area contributed by atoms with E-state index in [1.54, 1.807) is 25.1 Å². The molecule has 0 saturated carbocycles. The van der Waals surface area contributed by atoms with E-state index in [-0.39, 0.29) is 43.1 Å². The molecule has 3 rings (SSSR count). The van der Waals surface area contributed by atoms with Gasteiger partial charge in [0, 0.05) is 18.1 Å². The molecule has 0 saturated heterocycles. The number of ether oxygens (including phenoxy) is 1. The Balaban J connectivity index is 1.41. The van der Waals surface area contributed by atoms with Crippen molar-refractivity contribution in [3.05, 3.63) is 62.9 Å². The van der Waals surface area contributed by atoms with Crippen molar-refractivity contribution in [1.29, 1.82) is 0 Å². The monoisotopic (exact) mass is 477 g/mol. The van der Waals surface area contributed by atoms with Crippen molar-refractivity contribution >= 4 is 29.2 Å². The zero-order chi connectivity index (χ0) is 24.0. The summed E-state index contributed by atoms with van der Waals surface area (Å²) in [6.45, 7) is 3.68. The maximum Gasteiger partial charge on any atom is 0.389 e. The Morgan fingerprint density at radius 3 is 2.76 bits per heavy atom. The number of amides is 2. The van der Waals surface area contributed by atoms with Crippen LogP contribution in [0.1, 0.15) is 29.0 Å². The van der Waals surface area contributed by atoms with E-state index in [0.29, 0.717) is 10.8 Å². The van der Waals surface area contributed by atoms with E-state index in [1.165, 1.54) is 16.9 Å². The number of benzene rings is 1. The van der Waals surface area contributed by atoms with Crippen LogP contribution in [0.4, 0.5) is 5.82 Å². The highest BCUT2D eigenvalue weighted by molar-refractivity contribution is 6.30. The predicted molar refractivity (Wildman–Crippen MR) is 114 cm³/mol. The van der Waals surface area contributed by atoms with Gasteiger partial charge in [-0.05, 0) is 42.5 Å². The van der Waals surface area contributed by atoms with Crippen LogP contribution in [-0.4, -0.2) is 55.9 Å². The summed E-state index contributed by atoms with van der Waals surface area (Å²) in [5.74, 6) is -0.917. The fraction of sp³-hybridized carbons (Fsp3) is 0.316. The summed E-state index contributed by atoms with van der Waals surface area (Å²) >= 11 is 5.91. The Morgan fingerprint density at radius 1 is 1.30 bits per heavy atom. The summed E-state index contributed by atoms with van der Waals surface area (Å²) in [4.78, 5) is 38.3. The van der Waals surface area contributed by atoms with Gasteiger partial charge >= 0.3 is 17.6 Å². The highest BCUT2D eigenvalue weighted by atomic mass is 35.5. The third-order valence-electron chi connectivity index (χ3n) is 4.30. The molecule has 1 atom stereocenters. The molecule has 2 aromatic heterocycles. The van der Waals surface area contributed by atoms with Crippen LogP contribution in [0.2, 0.25) is 5.02 Å². The van der Waals surface area contributed by atoms with Gasteiger partial charge in [-0.3, -0.25) is 9.59 Å². The van der Waals surface area contributed by atoms with Crippen molar-refractivity contribution in [3.63, 3.8) is 0 Å². The van der Waals surface area contributed by atoms with Gasteiger partial charge < -0.3 is 30.0 Å². The van der Waals surface area contributed by atoms with Crippen LogP contribution >= 0.6 is 11.6 Å². The summed E-state index contributed by atoms with van der Waals surface area (Å²) in [5.41, 5.74) is 0.805. The van der Waals surface area contributed by atoms with Gasteiger partial charge in [0.2, 0.25) is 0 Å². The minimum atomic E-state index is -0.753. The topological polar surface area (TPSA) is 167 Å². The number of carbonyl (C=O) groups excluding carboxylic acids is 2. The Bertz CT molecular complexity index is 1160. The van der Waals surface area contributed by atoms with E-state index in [1.807, 2.05) is 6.92 Å². The first-order valence-electron chi connectivity index (χ1n) is 9.72. The summed E-state index contributed by atoms with van der Waals surface area (Å²) in [7, 11) is 0. The van der Waals surface area contributed by atoms with Gasteiger partial charge in [-0.15, -0.1) is 0 Å². The number of carbonyl (C=O) groups is 2. The minimum Gasteiger partial charge on any atom is -0.481 e. The van der Waals surface area contributed by atoms with E-state index < -0.39 is 16.9 Å². The fourth-order valence-electron chi connectivity index (χ4n) is 2.66. The van der Waals surface area contributed by atoms with Crippen molar-refractivity contribution in [2.75, 3.05) is 13.1 Å². The molecular formula is C19H20ClN7O6. The number of aryl methyl sites for hydroxylation is 1. The van der Waals surface area contributed by atoms with Crippen LogP contribution in [0.5, 0.6) is 5.75 Å². The number of rotatable bonds is 10. The first kappa shape index (κ1) is 23.7. The summed E-state index contributed by atoms with van der Waals surface area (Å²) in [6, 6.07) is 6.32. The number of nitro groups is 1. The van der Waals surface area contributed by atoms with E-state index in [9.17, 15) is 19.7 Å². The maximum atomic E-state index is 12.2. The van der Waals surface area contributed by atoms with Crippen molar-refractivity contribution in [2.24, 2.45) is 0 Å². The number of hydrogen-bond acceptors (Lipinski definition) is 9. The zero-order valence-electron chi connectivity index (χ0n) is 17.6. The smallest absolute Gasteiger partial charge is 0.389 e. The van der Waals surface area contributed by atoms with Crippen LogP contribution in [0.15, 0.2) is 35.0 Å². The van der Waals surface area contributed by atoms with E-state index in [0.717, 1.165) is 5.56 Å². The van der Waals surface area contributed by atoms with Gasteiger partial charge in [0.15, 0.2) is 11.9 Å². The predicted octanol–water partition coefficient (Wildman–Crippen LogP) is 1.50. The van der Waals surface area contributed by atoms with Crippen molar-refractivity contribution < 1.29 is 23.8 Å². The largest absolute Gasteiger partial charge is 0.481 e. The fourth-order valence-corrected chi connectivity index (χ4v) is 2.89. The summed E-state index contributed by atoms with van der Waals surface area (Å²) < 4.78 is 11.8. The van der Waals surface area contributed by atoms with Crippen LogP contribution in [0.25, 0.3) is 0 Å². The second-order valence-electron chi connectivity index (χ2n) is 6.86. The van der Waals surface area contributed by atoms with Gasteiger partial charge in [0.25, 0.3) is 5.91 Å². The first-order valence-corrected chi connectivity index (χ1v) is 10.1. The molecule has 13 nitrogen and oxygen atoms in total. The normalized spacial score (nSPS) is 11.6. The first-order chi connectivity index (χ1) is 15.7. The van der Waals surface area contributed by atoms with Gasteiger partial charge in [-0.25, -0.2) is 0 Å². The van der Waals surface area contributed by atoms with Crippen LogP contribution in [0, 0.1) is 17.0 Å². The molecule has 0 aliphatic carbocycles. The molecule has 2 N–H and O–H groups in total. The van der Waals surface area contributed by atoms with Crippen LogP contribution < -0.4 is 15.4 Å². The maximum absolute atomic E-state index is 12.2. The SMILES string of the molecule is Cc1cc(Cl)ccc1OC(C)C(=O)NCCNC(=O)c1nc(Cn2ccc([N+](=O)[O-])n2)no1. The lowest BCUT2D eigenvalue weighted by molar-refractivity contribution is -0.389. The number of nitrogens with one attached hydrogen (secondary N) is 2. The lowest BCUT2D eigenvalue weighted by Crippen LogP contribution is -2.40. The number of halogens is 1. The number of nitrogens with zero attached hydrogens (tertiary/aromatic N) is 5. The van der Waals surface area contributed by atoms with Crippen molar-refractivity contribution in [3.8, 4) is 5.75 Å². The lowest BCUT2D eigenvalue weighted by atomic mass is 10.2. The standard InChI is InChI=1S/C19H20ClN7O6/c1-11-9-13(20)3-4-14(11)32-12(2)17(28)21-6-7-22-18(29)19-23-15(25-33-19)10-26-8-5-16(24-26)27(30)31/h3-5,8-9,12H,6-7,10H2,1-2H3,(H,21,28)(H,22,29). The van der Waals surface area contributed by atoms with E-state index in [4.69, 9.17) is 20.9 Å². The van der Waals surface area contributed by atoms with Gasteiger partial charge in [-0.2, -0.15) is 9.67 Å². The molecule has 0 radical (unpaired) electrons. The molecule has 2 heterocycles. The molecule has 0 fully saturated rings. The molecule has 0 aliphatic heterocycles. The van der Waals surface area contributed by atoms with Crippen molar-refractivity contribution in [1.82, 2.24) is 30.6 Å². The average Bonchev–Trinajstić information content (AvgIpc) is 3.43. The Morgan fingerprint density at radius 2 is 2.06 bits per heavy atom. The van der Waals surface area contributed by atoms with Gasteiger partial charge in [0.05, 0.1) is 17.4 Å². The third-order valence-corrected chi connectivity index (χ3v) is 4.53. The van der Waals surface area contributed by atoms with Crippen LogP contribution in [0.3, 0.4) is 0 Å². The Labute approximate surface area is 192 Å². The Hall–Kier alpha value is -4.00. The number of hydrogen-bond donors (Lipinski definition) is 2. The highest BCUT2D eigenvalue weighted by Gasteiger charge is 2.18. The second kappa shape index (κ2) is 10.5. The molecule has 1 aromatic carbocycles. The highest BCUT2D eigenvalue weighted by Crippen LogP contribution is 2.22. The van der Waals surface area contributed by atoms with Crippen LogP contribution in [-0.2, 0) is 11.3 Å². The third kappa shape index (κ3) is 6.49. The zero-order valence-corrected chi connectivity index (χ0v) is 18.4. The Kier molecular flexibility index (Phi) is 7.56. The molecule has 2 amide bonds. The minimum absolute atomic E-state index is 0.00827. The average molecular weight is 478 g/mol. The quantitative estimate of drug-likeness (QED) is 0.249. The molecule has 1 unspecified atom stereocenters. The van der Waals surface area contributed by atoms with Gasteiger partial charge in [0.1, 0.15) is 12.3 Å². The van der Waals surface area contributed by atoms with E-state index >= 15 is 0 Å². The number of aromatic nitrogens is 4. The van der Waals surface area contributed by atoms with Gasteiger partial charge in [-0.1, -0.05) is 16.8 Å². The lowest BCUT2D eigenvalue weighted by Gasteiger charge is -2.16.